The molecule has 1 aliphatic rings. The number of carbonyl (C=O) groups is 1. The number of carbonyl (C=O) groups excluding carboxylic acids is 1. The van der Waals surface area contributed by atoms with Gasteiger partial charge in [-0.2, -0.15) is 0 Å². The summed E-state index contributed by atoms with van der Waals surface area (Å²) in [5, 5.41) is 10.4. The lowest BCUT2D eigenvalue weighted by Gasteiger charge is -2.26. The number of benzene rings is 1. The first-order chi connectivity index (χ1) is 12.2. The maximum absolute atomic E-state index is 12.4. The molecule has 0 aliphatic carbocycles. The highest BCUT2D eigenvalue weighted by Gasteiger charge is 2.18. The molecule has 0 atom stereocenters. The SMILES string of the molecule is Cc1ccc(Cn2c(CO)cnc2SCC(=O)N2CCCCC2)cc1. The number of nitrogens with zero attached hydrogens (tertiary/aromatic N) is 3. The molecule has 134 valence electrons. The number of aliphatic hydroxyl groups is 1. The van der Waals surface area contributed by atoms with Gasteiger partial charge in [0.05, 0.1) is 24.3 Å². The van der Waals surface area contributed by atoms with Crippen molar-refractivity contribution in [2.75, 3.05) is 18.8 Å². The van der Waals surface area contributed by atoms with Crippen molar-refractivity contribution in [2.24, 2.45) is 0 Å². The van der Waals surface area contributed by atoms with E-state index in [4.69, 9.17) is 0 Å². The van der Waals surface area contributed by atoms with Crippen LogP contribution in [0.25, 0.3) is 0 Å². The molecule has 1 N–H and O–H groups in total. The summed E-state index contributed by atoms with van der Waals surface area (Å²) >= 11 is 1.46. The van der Waals surface area contributed by atoms with Crippen LogP contribution >= 0.6 is 11.8 Å². The van der Waals surface area contributed by atoms with Crippen LogP contribution in [-0.2, 0) is 17.9 Å². The second kappa shape index (κ2) is 8.54. The first kappa shape index (κ1) is 18.0. The number of hydrogen-bond donors (Lipinski definition) is 1. The molecule has 1 aliphatic heterocycles. The van der Waals surface area contributed by atoms with Crippen LogP contribution in [0.1, 0.15) is 36.1 Å². The van der Waals surface area contributed by atoms with Crippen molar-refractivity contribution in [1.29, 1.82) is 0 Å². The smallest absolute Gasteiger partial charge is 0.233 e. The van der Waals surface area contributed by atoms with Crippen molar-refractivity contribution in [2.45, 2.75) is 44.5 Å². The van der Waals surface area contributed by atoms with E-state index in [9.17, 15) is 9.90 Å². The number of piperidine rings is 1. The van der Waals surface area contributed by atoms with Crippen LogP contribution in [-0.4, -0.2) is 44.3 Å². The molecule has 0 saturated carbocycles. The van der Waals surface area contributed by atoms with Gasteiger partial charge in [-0.3, -0.25) is 4.79 Å². The molecule has 1 aromatic heterocycles. The Morgan fingerprint density at radius 1 is 1.20 bits per heavy atom. The molecule has 0 spiro atoms. The summed E-state index contributed by atoms with van der Waals surface area (Å²) in [4.78, 5) is 18.7. The van der Waals surface area contributed by atoms with Crippen LogP contribution in [0.4, 0.5) is 0 Å². The van der Waals surface area contributed by atoms with Gasteiger partial charge in [-0.15, -0.1) is 0 Å². The molecule has 1 aromatic carbocycles. The van der Waals surface area contributed by atoms with Crippen LogP contribution in [0, 0.1) is 6.92 Å². The van der Waals surface area contributed by atoms with E-state index in [0.29, 0.717) is 12.3 Å². The monoisotopic (exact) mass is 359 g/mol. The molecule has 6 heteroatoms. The number of aliphatic hydroxyl groups excluding tert-OH is 1. The second-order valence-corrected chi connectivity index (χ2v) is 7.43. The number of hydrogen-bond acceptors (Lipinski definition) is 4. The van der Waals surface area contributed by atoms with E-state index in [-0.39, 0.29) is 12.5 Å². The van der Waals surface area contributed by atoms with Gasteiger partial charge in [0.15, 0.2) is 5.16 Å². The van der Waals surface area contributed by atoms with Crippen LogP contribution in [0.2, 0.25) is 0 Å². The maximum Gasteiger partial charge on any atom is 0.233 e. The summed E-state index contributed by atoms with van der Waals surface area (Å²) in [5.41, 5.74) is 3.15. The Balaban J connectivity index is 1.67. The minimum absolute atomic E-state index is 0.0561. The molecule has 3 rings (SSSR count). The molecular weight excluding hydrogens is 334 g/mol. The van der Waals surface area contributed by atoms with E-state index in [1.807, 2.05) is 9.47 Å². The van der Waals surface area contributed by atoms with Gasteiger partial charge < -0.3 is 14.6 Å². The zero-order valence-electron chi connectivity index (χ0n) is 14.6. The molecule has 2 aromatic rings. The predicted molar refractivity (Wildman–Crippen MR) is 99.6 cm³/mol. The Hall–Kier alpha value is -1.79. The number of thioether (sulfide) groups is 1. The number of imidazole rings is 1. The van der Waals surface area contributed by atoms with Gasteiger partial charge in [-0.05, 0) is 31.7 Å². The molecule has 1 saturated heterocycles. The highest BCUT2D eigenvalue weighted by atomic mass is 32.2. The van der Waals surface area contributed by atoms with Gasteiger partial charge in [-0.1, -0.05) is 41.6 Å². The molecule has 0 bridgehead atoms. The normalized spacial score (nSPS) is 14.7. The molecule has 0 radical (unpaired) electrons. The zero-order valence-corrected chi connectivity index (χ0v) is 15.5. The highest BCUT2D eigenvalue weighted by molar-refractivity contribution is 7.99. The number of aryl methyl sites for hydroxylation is 1. The first-order valence-corrected chi connectivity index (χ1v) is 9.77. The van der Waals surface area contributed by atoms with Gasteiger partial charge in [0.1, 0.15) is 0 Å². The van der Waals surface area contributed by atoms with E-state index in [2.05, 4.69) is 36.2 Å². The summed E-state index contributed by atoms with van der Waals surface area (Å²) < 4.78 is 2.00. The van der Waals surface area contributed by atoms with E-state index < -0.39 is 0 Å². The quantitative estimate of drug-likeness (QED) is 0.806. The third-order valence-corrected chi connectivity index (χ3v) is 5.53. The molecule has 1 fully saturated rings. The zero-order chi connectivity index (χ0) is 17.6. The maximum atomic E-state index is 12.4. The average Bonchev–Trinajstić information content (AvgIpc) is 3.04. The Morgan fingerprint density at radius 3 is 2.60 bits per heavy atom. The topological polar surface area (TPSA) is 58.4 Å². The minimum Gasteiger partial charge on any atom is -0.390 e. The van der Waals surface area contributed by atoms with Gasteiger partial charge in [0.2, 0.25) is 5.91 Å². The van der Waals surface area contributed by atoms with Crippen molar-refractivity contribution in [1.82, 2.24) is 14.5 Å². The van der Waals surface area contributed by atoms with E-state index >= 15 is 0 Å². The summed E-state index contributed by atoms with van der Waals surface area (Å²) in [6.45, 7) is 4.40. The molecule has 2 heterocycles. The summed E-state index contributed by atoms with van der Waals surface area (Å²) in [6, 6.07) is 8.34. The summed E-state index contributed by atoms with van der Waals surface area (Å²) in [7, 11) is 0. The Kier molecular flexibility index (Phi) is 6.15. The predicted octanol–water partition coefficient (Wildman–Crippen LogP) is 2.84. The van der Waals surface area contributed by atoms with Gasteiger partial charge >= 0.3 is 0 Å². The fraction of sp³-hybridized carbons (Fsp3) is 0.474. The van der Waals surface area contributed by atoms with E-state index in [0.717, 1.165) is 42.3 Å². The Labute approximate surface area is 153 Å². The van der Waals surface area contributed by atoms with Gasteiger partial charge in [0.25, 0.3) is 0 Å². The summed E-state index contributed by atoms with van der Waals surface area (Å²) in [5.74, 6) is 0.579. The van der Waals surface area contributed by atoms with Crippen molar-refractivity contribution >= 4 is 17.7 Å². The third kappa shape index (κ3) is 4.64. The lowest BCUT2D eigenvalue weighted by Crippen LogP contribution is -2.36. The summed E-state index contributed by atoms with van der Waals surface area (Å²) in [6.07, 6.45) is 5.12. The standard InChI is InChI=1S/C19H25N3O2S/c1-15-5-7-16(8-6-15)12-22-17(13-23)11-20-19(22)25-14-18(24)21-9-3-2-4-10-21/h5-8,11,23H,2-4,9-10,12-14H2,1H3. The molecule has 1 amide bonds. The van der Waals surface area contributed by atoms with Crippen LogP contribution in [0.15, 0.2) is 35.6 Å². The van der Waals surface area contributed by atoms with Crippen molar-refractivity contribution in [3.8, 4) is 0 Å². The number of likely N-dealkylation sites (tertiary alicyclic amines) is 1. The van der Waals surface area contributed by atoms with Crippen LogP contribution < -0.4 is 0 Å². The largest absolute Gasteiger partial charge is 0.390 e. The van der Waals surface area contributed by atoms with Gasteiger partial charge in [-0.25, -0.2) is 4.98 Å². The molecular formula is C19H25N3O2S. The minimum atomic E-state index is -0.0561. The molecule has 25 heavy (non-hydrogen) atoms. The number of amides is 1. The molecule has 0 unspecified atom stereocenters. The fourth-order valence-corrected chi connectivity index (χ4v) is 3.94. The average molecular weight is 359 g/mol. The Morgan fingerprint density at radius 2 is 1.92 bits per heavy atom. The number of rotatable bonds is 6. The van der Waals surface area contributed by atoms with Gasteiger partial charge in [0, 0.05) is 19.6 Å². The second-order valence-electron chi connectivity index (χ2n) is 6.49. The van der Waals surface area contributed by atoms with Crippen LogP contribution in [0.5, 0.6) is 0 Å². The Bertz CT molecular complexity index is 706. The van der Waals surface area contributed by atoms with Crippen molar-refractivity contribution in [3.63, 3.8) is 0 Å². The van der Waals surface area contributed by atoms with E-state index in [1.54, 1.807) is 6.20 Å². The molecule has 5 nitrogen and oxygen atoms in total. The lowest BCUT2D eigenvalue weighted by molar-refractivity contribution is -0.129. The van der Waals surface area contributed by atoms with E-state index in [1.165, 1.54) is 23.7 Å². The third-order valence-electron chi connectivity index (χ3n) is 4.56. The van der Waals surface area contributed by atoms with Crippen molar-refractivity contribution in [3.05, 3.63) is 47.3 Å². The first-order valence-electron chi connectivity index (χ1n) is 8.79. The lowest BCUT2D eigenvalue weighted by atomic mass is 10.1. The number of aromatic nitrogens is 2. The van der Waals surface area contributed by atoms with Crippen molar-refractivity contribution < 1.29 is 9.90 Å². The highest BCUT2D eigenvalue weighted by Crippen LogP contribution is 2.22. The van der Waals surface area contributed by atoms with Crippen LogP contribution in [0.3, 0.4) is 0 Å². The fourth-order valence-electron chi connectivity index (χ4n) is 3.04.